The molecule has 2 saturated heterocycles. The van der Waals surface area contributed by atoms with Gasteiger partial charge in [0, 0.05) is 45.2 Å². The molecule has 9 heteroatoms. The smallest absolute Gasteiger partial charge is 0.243 e. The van der Waals surface area contributed by atoms with Crippen LogP contribution in [0.3, 0.4) is 0 Å². The van der Waals surface area contributed by atoms with Gasteiger partial charge < -0.3 is 25.3 Å². The minimum atomic E-state index is -0.472. The van der Waals surface area contributed by atoms with Gasteiger partial charge in [-0.05, 0) is 105 Å². The van der Waals surface area contributed by atoms with Crippen LogP contribution < -0.4 is 5.32 Å². The van der Waals surface area contributed by atoms with E-state index in [0.717, 1.165) is 51.6 Å². The molecule has 4 saturated carbocycles. The number of nitrogens with zero attached hydrogens (tertiary/aromatic N) is 3. The summed E-state index contributed by atoms with van der Waals surface area (Å²) in [5.74, 6) is 2.52. The highest BCUT2D eigenvalue weighted by Crippen LogP contribution is 2.66. The molecular formula is C35H58N4O5. The van der Waals surface area contributed by atoms with Gasteiger partial charge in [-0.15, -0.1) is 0 Å². The Bertz CT molecular complexity index is 1090. The van der Waals surface area contributed by atoms with Gasteiger partial charge in [0.1, 0.15) is 6.04 Å². The number of piperazine rings is 1. The molecule has 10 atom stereocenters. The quantitative estimate of drug-likeness (QED) is 0.424. The number of fused-ring (bicyclic) bond motifs is 5. The summed E-state index contributed by atoms with van der Waals surface area (Å²) >= 11 is 0. The van der Waals surface area contributed by atoms with Crippen molar-refractivity contribution in [1.82, 2.24) is 20.0 Å². The van der Waals surface area contributed by atoms with E-state index >= 15 is 0 Å². The highest BCUT2D eigenvalue weighted by Gasteiger charge is 2.61. The van der Waals surface area contributed by atoms with E-state index in [1.807, 2.05) is 18.7 Å². The molecule has 0 aromatic rings. The average Bonchev–Trinajstić information content (AvgIpc) is 3.60. The van der Waals surface area contributed by atoms with Crippen molar-refractivity contribution in [2.24, 2.45) is 40.4 Å². The molecule has 6 aliphatic rings. The molecule has 3 amide bonds. The monoisotopic (exact) mass is 614 g/mol. The van der Waals surface area contributed by atoms with Crippen molar-refractivity contribution in [2.45, 2.75) is 123 Å². The summed E-state index contributed by atoms with van der Waals surface area (Å²) in [5.41, 5.74) is 0.297. The first-order valence-corrected chi connectivity index (χ1v) is 17.9. The fraction of sp³-hybridized carbons (Fsp3) is 0.914. The Kier molecular flexibility index (Phi) is 9.14. The van der Waals surface area contributed by atoms with Crippen LogP contribution in [0.15, 0.2) is 0 Å². The molecule has 9 nitrogen and oxygen atoms in total. The summed E-state index contributed by atoms with van der Waals surface area (Å²) in [6.07, 6.45) is 10.2. The number of rotatable bonds is 6. The van der Waals surface area contributed by atoms with Crippen LogP contribution in [0.4, 0.5) is 0 Å². The first-order valence-electron chi connectivity index (χ1n) is 17.9. The number of nitrogens with one attached hydrogen (secondary N) is 1. The topological polar surface area (TPSA) is 113 Å². The van der Waals surface area contributed by atoms with E-state index in [4.69, 9.17) is 0 Å². The first kappa shape index (κ1) is 32.2. The maximum Gasteiger partial charge on any atom is 0.243 e. The maximum atomic E-state index is 13.1. The predicted molar refractivity (Wildman–Crippen MR) is 168 cm³/mol. The first-order chi connectivity index (χ1) is 20.9. The summed E-state index contributed by atoms with van der Waals surface area (Å²) in [5, 5.41) is 25.1. The summed E-state index contributed by atoms with van der Waals surface area (Å²) in [4.78, 5) is 44.6. The Morgan fingerprint density at radius 3 is 2.32 bits per heavy atom. The van der Waals surface area contributed by atoms with E-state index in [-0.39, 0.29) is 59.3 Å². The molecule has 3 N–H and O–H groups in total. The maximum absolute atomic E-state index is 13.1. The van der Waals surface area contributed by atoms with Crippen LogP contribution in [0.2, 0.25) is 0 Å². The molecule has 2 aliphatic heterocycles. The molecule has 44 heavy (non-hydrogen) atoms. The lowest BCUT2D eigenvalue weighted by Gasteiger charge is -2.62. The molecule has 248 valence electrons. The molecule has 0 spiro atoms. The summed E-state index contributed by atoms with van der Waals surface area (Å²) in [6, 6.07) is -0.355. The van der Waals surface area contributed by atoms with Crippen molar-refractivity contribution >= 4 is 17.7 Å². The van der Waals surface area contributed by atoms with Crippen molar-refractivity contribution < 1.29 is 24.6 Å². The van der Waals surface area contributed by atoms with E-state index in [1.54, 1.807) is 4.90 Å². The van der Waals surface area contributed by atoms with Gasteiger partial charge in [-0.2, -0.15) is 0 Å². The van der Waals surface area contributed by atoms with Gasteiger partial charge in [0.2, 0.25) is 17.7 Å². The van der Waals surface area contributed by atoms with Crippen molar-refractivity contribution in [3.05, 3.63) is 0 Å². The Hall–Kier alpha value is -1.71. The summed E-state index contributed by atoms with van der Waals surface area (Å²) in [7, 11) is 0. The average molecular weight is 615 g/mol. The standard InChI is InChI=1S/C35H58N4O5/c1-22(2)18-31(42)39-13-5-6-27(39)33(44)36-21-32(43)38-16-14-37(15-17-38)28-20-35(4)23(19-29(28)40)7-8-24-25-9-10-30(41)34(25,3)12-11-26(24)35/h22-30,40-41H,5-21H2,1-4H3,(H,36,44)/t23-,24-,25-,26-,27-,28-,29-,30-,34-,35-/m0/s1. The molecular weight excluding hydrogens is 556 g/mol. The Balaban J connectivity index is 1.02. The van der Waals surface area contributed by atoms with Gasteiger partial charge in [-0.1, -0.05) is 27.7 Å². The fourth-order valence-corrected chi connectivity index (χ4v) is 11.1. The molecule has 0 aromatic carbocycles. The Morgan fingerprint density at radius 1 is 0.864 bits per heavy atom. The Morgan fingerprint density at radius 2 is 1.59 bits per heavy atom. The van der Waals surface area contributed by atoms with Gasteiger partial charge in [0.25, 0.3) is 0 Å². The van der Waals surface area contributed by atoms with E-state index in [1.165, 1.54) is 19.3 Å². The molecule has 2 heterocycles. The Labute approximate surface area is 264 Å². The summed E-state index contributed by atoms with van der Waals surface area (Å²) in [6.45, 7) is 12.1. The van der Waals surface area contributed by atoms with Gasteiger partial charge in [-0.25, -0.2) is 0 Å². The molecule has 0 unspecified atom stereocenters. The molecule has 6 fully saturated rings. The normalized spacial score (nSPS) is 42.5. The number of carbonyl (C=O) groups is 3. The van der Waals surface area contributed by atoms with Gasteiger partial charge in [-0.3, -0.25) is 19.3 Å². The molecule has 0 bridgehead atoms. The lowest BCUT2D eigenvalue weighted by molar-refractivity contribution is -0.156. The predicted octanol–water partition coefficient (Wildman–Crippen LogP) is 3.03. The lowest BCUT2D eigenvalue weighted by Crippen LogP contribution is -2.62. The minimum Gasteiger partial charge on any atom is -0.393 e. The van der Waals surface area contributed by atoms with Crippen LogP contribution in [0, 0.1) is 40.4 Å². The molecule has 0 aromatic heterocycles. The van der Waals surface area contributed by atoms with Gasteiger partial charge >= 0.3 is 0 Å². The molecule has 0 radical (unpaired) electrons. The highest BCUT2D eigenvalue weighted by molar-refractivity contribution is 5.91. The molecule has 4 aliphatic carbocycles. The van der Waals surface area contributed by atoms with Crippen LogP contribution in [-0.2, 0) is 14.4 Å². The van der Waals surface area contributed by atoms with Crippen molar-refractivity contribution in [1.29, 1.82) is 0 Å². The number of likely N-dealkylation sites (tertiary alicyclic amines) is 1. The third-order valence-electron chi connectivity index (χ3n) is 13.6. The van der Waals surface area contributed by atoms with Gasteiger partial charge in [0.05, 0.1) is 18.8 Å². The van der Waals surface area contributed by atoms with Crippen LogP contribution in [0.25, 0.3) is 0 Å². The highest BCUT2D eigenvalue weighted by atomic mass is 16.3. The second kappa shape index (κ2) is 12.5. The fourth-order valence-electron chi connectivity index (χ4n) is 11.1. The summed E-state index contributed by atoms with van der Waals surface area (Å²) < 4.78 is 0. The van der Waals surface area contributed by atoms with Crippen LogP contribution in [-0.4, -0.2) is 106 Å². The molecule has 6 rings (SSSR count). The third-order valence-corrected chi connectivity index (χ3v) is 13.6. The zero-order chi connectivity index (χ0) is 31.4. The zero-order valence-corrected chi connectivity index (χ0v) is 27.7. The number of amides is 3. The van der Waals surface area contributed by atoms with Crippen LogP contribution in [0.1, 0.15) is 98.3 Å². The largest absolute Gasteiger partial charge is 0.393 e. The second-order valence-corrected chi connectivity index (χ2v) is 16.3. The number of hydrogen-bond donors (Lipinski definition) is 3. The van der Waals surface area contributed by atoms with E-state index in [0.29, 0.717) is 56.1 Å². The van der Waals surface area contributed by atoms with Crippen molar-refractivity contribution in [2.75, 3.05) is 39.3 Å². The van der Waals surface area contributed by atoms with Crippen LogP contribution in [0.5, 0.6) is 0 Å². The zero-order valence-electron chi connectivity index (χ0n) is 27.7. The third kappa shape index (κ3) is 5.72. The number of aliphatic hydroxyl groups is 2. The van der Waals surface area contributed by atoms with E-state index < -0.39 is 6.04 Å². The number of aliphatic hydroxyl groups excluding tert-OH is 2. The number of carbonyl (C=O) groups excluding carboxylic acids is 3. The van der Waals surface area contributed by atoms with E-state index in [9.17, 15) is 24.6 Å². The van der Waals surface area contributed by atoms with Crippen molar-refractivity contribution in [3.63, 3.8) is 0 Å². The lowest BCUT2D eigenvalue weighted by atomic mass is 9.44. The minimum absolute atomic E-state index is 0.0215. The number of hydrogen-bond acceptors (Lipinski definition) is 6. The van der Waals surface area contributed by atoms with Crippen molar-refractivity contribution in [3.8, 4) is 0 Å². The second-order valence-electron chi connectivity index (χ2n) is 16.3. The van der Waals surface area contributed by atoms with Crippen LogP contribution >= 0.6 is 0 Å². The van der Waals surface area contributed by atoms with Gasteiger partial charge in [0.15, 0.2) is 0 Å². The van der Waals surface area contributed by atoms with E-state index in [2.05, 4.69) is 24.1 Å². The SMILES string of the molecule is CC(C)CC(=O)N1CCC[C@H]1C(=O)NCC(=O)N1CCN([C@H]2C[C@@]3(C)[C@@H](CC[C@@H]4[C@@H]3CC[C@]3(C)[C@@H](O)CC[C@@H]43)C[C@@H]2O)CC1.